The third-order valence-corrected chi connectivity index (χ3v) is 11.7. The SMILES string of the molecule is COc1ccc(N)cc1.COc1ccc(Nc2ccc(N)c(-c3c(C)nc4ccccn34)n2)cc1.Cc1nc2ccccn2c1-c1nc(Cl)ccc1N.Cc1nc2ccccn2c1C.Nc1ccc(Cl)nc1Cl. The molecule has 0 spiro atoms. The van der Waals surface area contributed by atoms with Crippen LogP contribution in [0.4, 0.5) is 34.3 Å². The minimum atomic E-state index is 0.252. The number of hydrogen-bond acceptors (Lipinski definition) is 13. The molecule has 0 fully saturated rings. The first-order chi connectivity index (χ1) is 35.1. The average molecular weight is 1040 g/mol. The van der Waals surface area contributed by atoms with E-state index < -0.39 is 0 Å². The molecule has 0 saturated carbocycles. The number of imidazole rings is 3. The molecular weight excluding hydrogens is 983 g/mol. The van der Waals surface area contributed by atoms with Crippen molar-refractivity contribution in [2.75, 3.05) is 42.5 Å². The zero-order chi connectivity index (χ0) is 52.2. The smallest absolute Gasteiger partial charge is 0.153 e. The van der Waals surface area contributed by atoms with Crippen LogP contribution in [0.5, 0.6) is 11.5 Å². The fourth-order valence-electron chi connectivity index (χ4n) is 7.25. The van der Waals surface area contributed by atoms with E-state index in [2.05, 4.69) is 41.6 Å². The first-order valence-electron chi connectivity index (χ1n) is 22.5. The number of halogens is 3. The predicted molar refractivity (Wildman–Crippen MR) is 297 cm³/mol. The number of benzene rings is 2. The number of nitrogens with one attached hydrogen (secondary N) is 1. The van der Waals surface area contributed by atoms with E-state index in [0.29, 0.717) is 44.6 Å². The van der Waals surface area contributed by atoms with Gasteiger partial charge in [-0.15, -0.1) is 0 Å². The molecule has 9 N–H and O–H groups in total. The molecular formula is C54H53Cl3N14O2. The molecule has 0 radical (unpaired) electrons. The van der Waals surface area contributed by atoms with Crippen LogP contribution >= 0.6 is 34.8 Å². The minimum Gasteiger partial charge on any atom is -0.497 e. The van der Waals surface area contributed by atoms with Gasteiger partial charge >= 0.3 is 0 Å². The van der Waals surface area contributed by atoms with Crippen LogP contribution in [0.2, 0.25) is 15.5 Å². The monoisotopic (exact) mass is 1030 g/mol. The number of methoxy groups -OCH3 is 2. The maximum atomic E-state index is 6.22. The van der Waals surface area contributed by atoms with Gasteiger partial charge in [-0.1, -0.05) is 53.0 Å². The Bertz CT molecular complexity index is 3620. The summed E-state index contributed by atoms with van der Waals surface area (Å²) in [6.07, 6.45) is 5.94. The molecule has 0 saturated heterocycles. The lowest BCUT2D eigenvalue weighted by atomic mass is 10.2. The molecule has 0 aliphatic heterocycles. The van der Waals surface area contributed by atoms with Gasteiger partial charge in [0.25, 0.3) is 0 Å². The largest absolute Gasteiger partial charge is 0.497 e. The van der Waals surface area contributed by atoms with Gasteiger partial charge in [0.15, 0.2) is 5.15 Å². The first-order valence-corrected chi connectivity index (χ1v) is 23.6. The number of nitrogen functional groups attached to an aromatic ring is 4. The molecule has 11 aromatic rings. The number of rotatable bonds is 6. The molecule has 0 aliphatic rings. The van der Waals surface area contributed by atoms with Crippen molar-refractivity contribution in [2.45, 2.75) is 27.7 Å². The number of fused-ring (bicyclic) bond motifs is 3. The van der Waals surface area contributed by atoms with Crippen molar-refractivity contribution < 1.29 is 9.47 Å². The molecule has 0 atom stereocenters. The second-order valence-corrected chi connectivity index (χ2v) is 17.1. The van der Waals surface area contributed by atoms with E-state index in [1.807, 2.05) is 151 Å². The van der Waals surface area contributed by atoms with Crippen molar-refractivity contribution in [3.8, 4) is 34.3 Å². The van der Waals surface area contributed by atoms with Crippen LogP contribution in [0.3, 0.4) is 0 Å². The summed E-state index contributed by atoms with van der Waals surface area (Å²) in [4.78, 5) is 26.2. The molecule has 19 heteroatoms. The molecule has 372 valence electrons. The lowest BCUT2D eigenvalue weighted by Crippen LogP contribution is -2.01. The molecule has 11 rings (SSSR count). The van der Waals surface area contributed by atoms with E-state index in [-0.39, 0.29) is 5.15 Å². The molecule has 0 unspecified atom stereocenters. The number of anilines is 6. The van der Waals surface area contributed by atoms with E-state index >= 15 is 0 Å². The zero-order valence-electron chi connectivity index (χ0n) is 40.8. The van der Waals surface area contributed by atoms with Gasteiger partial charge in [-0.25, -0.2) is 29.9 Å². The summed E-state index contributed by atoms with van der Waals surface area (Å²) in [5.41, 5.74) is 36.3. The summed E-state index contributed by atoms with van der Waals surface area (Å²) in [5.74, 6) is 2.36. The standard InChI is InChI=1S/C20H19N5O.C13H11ClN4.C9H10N2.C7H9NO.C5H4Cl2N2/c1-13-20(25-12-4-3-5-18(25)22-13)19-16(21)10-11-17(24-19)23-14-6-8-15(26-2)9-7-14;1-8-13(12-9(15)5-6-10(14)17-12)18-7-3-2-4-11(18)16-8;1-7-8(2)11-6-4-3-5-9(11)10-7;1-9-7-4-2-6(8)3-5-7;6-4-2-1-3(8)5(7)9-4/h3-12H,21H2,1-2H3,(H,23,24);2-7H,15H2,1H3;3-6H,1-2H3;2-5H,8H2,1H3;1-2H,8H2. The number of aryl methyl sites for hydroxylation is 4. The Hall–Kier alpha value is -8.57. The normalized spacial score (nSPS) is 10.5. The van der Waals surface area contributed by atoms with Gasteiger partial charge in [0.2, 0.25) is 0 Å². The Morgan fingerprint density at radius 1 is 0.438 bits per heavy atom. The van der Waals surface area contributed by atoms with Crippen molar-refractivity contribution in [1.29, 1.82) is 0 Å². The number of aromatic nitrogens is 9. The lowest BCUT2D eigenvalue weighted by Gasteiger charge is -2.11. The fraction of sp³-hybridized carbons (Fsp3) is 0.111. The summed E-state index contributed by atoms with van der Waals surface area (Å²) in [6.45, 7) is 8.01. The molecule has 2 aromatic carbocycles. The number of hydrogen-bond donors (Lipinski definition) is 5. The Kier molecular flexibility index (Phi) is 17.2. The van der Waals surface area contributed by atoms with Crippen LogP contribution in [0, 0.1) is 27.7 Å². The van der Waals surface area contributed by atoms with Crippen LogP contribution in [-0.2, 0) is 0 Å². The lowest BCUT2D eigenvalue weighted by molar-refractivity contribution is 0.415. The second kappa shape index (κ2) is 24.0. The highest BCUT2D eigenvalue weighted by Gasteiger charge is 2.17. The molecule has 0 aliphatic carbocycles. The second-order valence-electron chi connectivity index (χ2n) is 16.0. The Morgan fingerprint density at radius 3 is 1.37 bits per heavy atom. The molecule has 0 bridgehead atoms. The van der Waals surface area contributed by atoms with E-state index in [1.54, 1.807) is 50.6 Å². The van der Waals surface area contributed by atoms with Gasteiger partial charge in [-0.2, -0.15) is 0 Å². The van der Waals surface area contributed by atoms with Crippen molar-refractivity contribution in [1.82, 2.24) is 43.1 Å². The number of nitrogens with zero attached hydrogens (tertiary/aromatic N) is 9. The van der Waals surface area contributed by atoms with Crippen LogP contribution in [-0.4, -0.2) is 57.3 Å². The van der Waals surface area contributed by atoms with Gasteiger partial charge < -0.3 is 42.1 Å². The van der Waals surface area contributed by atoms with Crippen molar-refractivity contribution >= 4 is 86.0 Å². The molecule has 9 heterocycles. The molecule has 16 nitrogen and oxygen atoms in total. The maximum Gasteiger partial charge on any atom is 0.153 e. The molecule has 73 heavy (non-hydrogen) atoms. The fourth-order valence-corrected chi connectivity index (χ4v) is 7.74. The van der Waals surface area contributed by atoms with Crippen LogP contribution in [0.1, 0.15) is 22.8 Å². The quantitative estimate of drug-likeness (QED) is 0.0773. The van der Waals surface area contributed by atoms with Crippen molar-refractivity contribution in [2.24, 2.45) is 0 Å². The number of ether oxygens (including phenoxy) is 2. The number of nitrogens with two attached hydrogens (primary N) is 4. The topological polar surface area (TPSA) is 225 Å². The van der Waals surface area contributed by atoms with Gasteiger partial charge in [0.05, 0.1) is 59.8 Å². The highest BCUT2D eigenvalue weighted by molar-refractivity contribution is 6.34. The number of pyridine rings is 6. The van der Waals surface area contributed by atoms with Crippen LogP contribution in [0.15, 0.2) is 158 Å². The van der Waals surface area contributed by atoms with Crippen molar-refractivity contribution in [3.63, 3.8) is 0 Å². The summed E-state index contributed by atoms with van der Waals surface area (Å²) in [5, 5.41) is 4.33. The van der Waals surface area contributed by atoms with E-state index in [9.17, 15) is 0 Å². The minimum absolute atomic E-state index is 0.252. The zero-order valence-corrected chi connectivity index (χ0v) is 43.1. The summed E-state index contributed by atoms with van der Waals surface area (Å²) in [7, 11) is 3.28. The molecule has 0 amide bonds. The Balaban J connectivity index is 0.000000144. The molecule has 9 aromatic heterocycles. The van der Waals surface area contributed by atoms with Gasteiger partial charge in [-0.3, -0.25) is 8.80 Å². The summed E-state index contributed by atoms with van der Waals surface area (Å²) in [6, 6.07) is 43.0. The maximum absolute atomic E-state index is 6.22. The predicted octanol–water partition coefficient (Wildman–Crippen LogP) is 12.2. The first kappa shape index (κ1) is 52.3. The highest BCUT2D eigenvalue weighted by atomic mass is 35.5. The summed E-state index contributed by atoms with van der Waals surface area (Å²) >= 11 is 16.9. The van der Waals surface area contributed by atoms with Gasteiger partial charge in [0.1, 0.15) is 56.0 Å². The van der Waals surface area contributed by atoms with E-state index in [4.69, 9.17) is 72.2 Å². The third-order valence-electron chi connectivity index (χ3n) is 11.0. The third kappa shape index (κ3) is 13.1. The van der Waals surface area contributed by atoms with E-state index in [0.717, 1.165) is 68.3 Å². The van der Waals surface area contributed by atoms with Gasteiger partial charge in [0, 0.05) is 35.7 Å². The van der Waals surface area contributed by atoms with Crippen LogP contribution in [0.25, 0.3) is 39.7 Å². The van der Waals surface area contributed by atoms with E-state index in [1.165, 1.54) is 5.69 Å². The van der Waals surface area contributed by atoms with Gasteiger partial charge in [-0.05, 0) is 149 Å². The van der Waals surface area contributed by atoms with Crippen molar-refractivity contribution in [3.05, 3.63) is 196 Å². The highest BCUT2D eigenvalue weighted by Crippen LogP contribution is 2.31. The summed E-state index contributed by atoms with van der Waals surface area (Å²) < 4.78 is 16.2. The van der Waals surface area contributed by atoms with Crippen LogP contribution < -0.4 is 37.7 Å². The Morgan fingerprint density at radius 2 is 0.877 bits per heavy atom. The Labute approximate surface area is 437 Å². The average Bonchev–Trinajstić information content (AvgIpc) is 4.02.